The van der Waals surface area contributed by atoms with Gasteiger partial charge in [-0.3, -0.25) is 0 Å². The van der Waals surface area contributed by atoms with Crippen LogP contribution in [0, 0.1) is 0 Å². The molecule has 2 N–H and O–H groups in total. The normalized spacial score (nSPS) is 25.1. The molecule has 0 spiro atoms. The van der Waals surface area contributed by atoms with Crippen LogP contribution in [0.5, 0.6) is 0 Å². The minimum absolute atomic E-state index is 0.231. The summed E-state index contributed by atoms with van der Waals surface area (Å²) < 4.78 is 6.69. The number of nitrogens with two attached hydrogens (primary N) is 1. The molecule has 0 aromatic carbocycles. The summed E-state index contributed by atoms with van der Waals surface area (Å²) >= 11 is 3.42. The number of anilines is 1. The Morgan fingerprint density at radius 3 is 2.71 bits per heavy atom. The maximum absolute atomic E-state index is 5.78. The predicted molar refractivity (Wildman–Crippen MR) is 72.1 cm³/mol. The highest BCUT2D eigenvalue weighted by Gasteiger charge is 2.24. The second-order valence-corrected chi connectivity index (χ2v) is 5.42. The standard InChI is InChI=1S/C12H18BrN3O/c1-8-6-16(7-9(2)17-8)12-10(4-14)3-11(13)5-15-12/h3,5,8-9H,4,6-7,14H2,1-2H3. The zero-order chi connectivity index (χ0) is 12.4. The number of aromatic nitrogens is 1. The van der Waals surface area contributed by atoms with Crippen molar-refractivity contribution in [2.24, 2.45) is 5.73 Å². The molecule has 1 aliphatic rings. The number of hydrogen-bond acceptors (Lipinski definition) is 4. The molecule has 1 aromatic rings. The van der Waals surface area contributed by atoms with E-state index in [1.54, 1.807) is 0 Å². The van der Waals surface area contributed by atoms with Gasteiger partial charge in [0, 0.05) is 35.9 Å². The molecule has 0 saturated carbocycles. The first-order valence-electron chi connectivity index (χ1n) is 5.85. The Labute approximate surface area is 110 Å². The summed E-state index contributed by atoms with van der Waals surface area (Å²) in [7, 11) is 0. The highest BCUT2D eigenvalue weighted by molar-refractivity contribution is 9.10. The van der Waals surface area contributed by atoms with Gasteiger partial charge in [-0.1, -0.05) is 0 Å². The molecule has 0 amide bonds. The van der Waals surface area contributed by atoms with Crippen molar-refractivity contribution in [1.29, 1.82) is 0 Å². The van der Waals surface area contributed by atoms with E-state index in [4.69, 9.17) is 10.5 Å². The largest absolute Gasteiger partial charge is 0.372 e. The van der Waals surface area contributed by atoms with E-state index in [1.165, 1.54) is 0 Å². The van der Waals surface area contributed by atoms with Crippen LogP contribution < -0.4 is 10.6 Å². The van der Waals surface area contributed by atoms with Crippen LogP contribution in [-0.2, 0) is 11.3 Å². The zero-order valence-corrected chi connectivity index (χ0v) is 11.8. The van der Waals surface area contributed by atoms with Gasteiger partial charge in [0.25, 0.3) is 0 Å². The Hall–Kier alpha value is -0.650. The van der Waals surface area contributed by atoms with Crippen molar-refractivity contribution in [3.63, 3.8) is 0 Å². The third-order valence-corrected chi connectivity index (χ3v) is 3.28. The average molecular weight is 300 g/mol. The Kier molecular flexibility index (Phi) is 4.01. The predicted octanol–water partition coefficient (Wildman–Crippen LogP) is 1.92. The third-order valence-electron chi connectivity index (χ3n) is 2.85. The summed E-state index contributed by atoms with van der Waals surface area (Å²) in [6, 6.07) is 2.03. The number of ether oxygens (including phenoxy) is 1. The molecule has 1 fully saturated rings. The van der Waals surface area contributed by atoms with Crippen LogP contribution in [0.3, 0.4) is 0 Å². The first-order valence-corrected chi connectivity index (χ1v) is 6.64. The molecule has 2 atom stereocenters. The fourth-order valence-corrected chi connectivity index (χ4v) is 2.64. The van der Waals surface area contributed by atoms with Gasteiger partial charge >= 0.3 is 0 Å². The number of nitrogens with zero attached hydrogens (tertiary/aromatic N) is 2. The molecule has 0 bridgehead atoms. The fourth-order valence-electron chi connectivity index (χ4n) is 2.26. The van der Waals surface area contributed by atoms with Crippen LogP contribution in [0.25, 0.3) is 0 Å². The monoisotopic (exact) mass is 299 g/mol. The van der Waals surface area contributed by atoms with Gasteiger partial charge < -0.3 is 15.4 Å². The van der Waals surface area contributed by atoms with Gasteiger partial charge in [-0.05, 0) is 35.8 Å². The molecular weight excluding hydrogens is 282 g/mol. The lowest BCUT2D eigenvalue weighted by Gasteiger charge is -2.36. The van der Waals surface area contributed by atoms with Gasteiger partial charge in [0.05, 0.1) is 12.2 Å². The van der Waals surface area contributed by atoms with Crippen LogP contribution in [0.1, 0.15) is 19.4 Å². The number of hydrogen-bond donors (Lipinski definition) is 1. The minimum Gasteiger partial charge on any atom is -0.372 e. The van der Waals surface area contributed by atoms with Crippen LogP contribution in [0.15, 0.2) is 16.7 Å². The van der Waals surface area contributed by atoms with Crippen molar-refractivity contribution in [3.05, 3.63) is 22.3 Å². The molecule has 2 heterocycles. The maximum Gasteiger partial charge on any atom is 0.133 e. The molecule has 4 nitrogen and oxygen atoms in total. The molecule has 17 heavy (non-hydrogen) atoms. The molecule has 2 rings (SSSR count). The Morgan fingerprint density at radius 2 is 2.12 bits per heavy atom. The van der Waals surface area contributed by atoms with Crippen molar-refractivity contribution in [3.8, 4) is 0 Å². The summed E-state index contributed by atoms with van der Waals surface area (Å²) in [5, 5.41) is 0. The molecule has 94 valence electrons. The lowest BCUT2D eigenvalue weighted by molar-refractivity contribution is -0.00550. The van der Waals surface area contributed by atoms with Gasteiger partial charge in [0.15, 0.2) is 0 Å². The number of rotatable bonds is 2. The molecule has 1 aliphatic heterocycles. The topological polar surface area (TPSA) is 51.4 Å². The summed E-state index contributed by atoms with van der Waals surface area (Å²) in [5.41, 5.74) is 6.85. The SMILES string of the molecule is CC1CN(c2ncc(Br)cc2CN)CC(C)O1. The van der Waals surface area contributed by atoms with Crippen molar-refractivity contribution >= 4 is 21.7 Å². The number of morpholine rings is 1. The number of pyridine rings is 1. The van der Waals surface area contributed by atoms with Gasteiger partial charge in [-0.25, -0.2) is 4.98 Å². The highest BCUT2D eigenvalue weighted by Crippen LogP contribution is 2.24. The zero-order valence-electron chi connectivity index (χ0n) is 10.2. The van der Waals surface area contributed by atoms with Gasteiger partial charge in [0.1, 0.15) is 5.82 Å². The summed E-state index contributed by atoms with van der Waals surface area (Å²) in [4.78, 5) is 6.74. The van der Waals surface area contributed by atoms with E-state index in [1.807, 2.05) is 12.3 Å². The van der Waals surface area contributed by atoms with Crippen LogP contribution >= 0.6 is 15.9 Å². The molecule has 0 aliphatic carbocycles. The van der Waals surface area contributed by atoms with Crippen molar-refractivity contribution in [2.45, 2.75) is 32.6 Å². The average Bonchev–Trinajstić information content (AvgIpc) is 2.27. The molecule has 1 saturated heterocycles. The smallest absolute Gasteiger partial charge is 0.133 e. The molecule has 0 radical (unpaired) electrons. The minimum atomic E-state index is 0.231. The summed E-state index contributed by atoms with van der Waals surface area (Å²) in [5.74, 6) is 0.984. The van der Waals surface area contributed by atoms with E-state index in [2.05, 4.69) is 39.7 Å². The van der Waals surface area contributed by atoms with Crippen molar-refractivity contribution < 1.29 is 4.74 Å². The Morgan fingerprint density at radius 1 is 1.47 bits per heavy atom. The van der Waals surface area contributed by atoms with Gasteiger partial charge in [-0.2, -0.15) is 0 Å². The van der Waals surface area contributed by atoms with E-state index in [0.29, 0.717) is 6.54 Å². The first kappa shape index (κ1) is 12.8. The lowest BCUT2D eigenvalue weighted by Crippen LogP contribution is -2.46. The fraction of sp³-hybridized carbons (Fsp3) is 0.583. The second-order valence-electron chi connectivity index (χ2n) is 4.50. The third kappa shape index (κ3) is 2.97. The Balaban J connectivity index is 2.26. The first-order chi connectivity index (χ1) is 8.10. The van der Waals surface area contributed by atoms with Crippen LogP contribution in [0.4, 0.5) is 5.82 Å². The highest BCUT2D eigenvalue weighted by atomic mass is 79.9. The van der Waals surface area contributed by atoms with Crippen LogP contribution in [-0.4, -0.2) is 30.3 Å². The second kappa shape index (κ2) is 5.33. The maximum atomic E-state index is 5.78. The van der Waals surface area contributed by atoms with E-state index < -0.39 is 0 Å². The summed E-state index contributed by atoms with van der Waals surface area (Å²) in [6.07, 6.45) is 2.28. The van der Waals surface area contributed by atoms with Gasteiger partial charge in [-0.15, -0.1) is 0 Å². The Bertz CT molecular complexity index is 389. The number of halogens is 1. The molecule has 1 aromatic heterocycles. The quantitative estimate of drug-likeness (QED) is 0.906. The van der Waals surface area contributed by atoms with Crippen molar-refractivity contribution in [2.75, 3.05) is 18.0 Å². The van der Waals surface area contributed by atoms with Crippen molar-refractivity contribution in [1.82, 2.24) is 4.98 Å². The molecule has 2 unspecified atom stereocenters. The van der Waals surface area contributed by atoms with E-state index in [0.717, 1.165) is 28.9 Å². The van der Waals surface area contributed by atoms with Gasteiger partial charge in [0.2, 0.25) is 0 Å². The molecule has 5 heteroatoms. The summed E-state index contributed by atoms with van der Waals surface area (Å²) in [6.45, 7) is 6.41. The van der Waals surface area contributed by atoms with E-state index >= 15 is 0 Å². The molecular formula is C12H18BrN3O. The lowest BCUT2D eigenvalue weighted by atomic mass is 10.2. The van der Waals surface area contributed by atoms with E-state index in [9.17, 15) is 0 Å². The van der Waals surface area contributed by atoms with Crippen LogP contribution in [0.2, 0.25) is 0 Å². The van der Waals surface area contributed by atoms with E-state index in [-0.39, 0.29) is 12.2 Å².